The molecule has 1 aliphatic rings. The van der Waals surface area contributed by atoms with Gasteiger partial charge in [0.2, 0.25) is 11.8 Å². The predicted molar refractivity (Wildman–Crippen MR) is 119 cm³/mol. The second kappa shape index (κ2) is 8.62. The van der Waals surface area contributed by atoms with E-state index in [1.54, 1.807) is 56.8 Å². The number of anilines is 1. The van der Waals surface area contributed by atoms with Crippen LogP contribution in [0.3, 0.4) is 0 Å². The smallest absolute Gasteiger partial charge is 0.321 e. The Balaban J connectivity index is 1.54. The third kappa shape index (κ3) is 4.09. The van der Waals surface area contributed by atoms with Gasteiger partial charge in [-0.15, -0.1) is 0 Å². The van der Waals surface area contributed by atoms with Gasteiger partial charge in [-0.05, 0) is 42.3 Å². The van der Waals surface area contributed by atoms with Gasteiger partial charge in [-0.25, -0.2) is 4.79 Å². The molecule has 0 saturated carbocycles. The number of fused-ring (bicyclic) bond motifs is 1. The van der Waals surface area contributed by atoms with Gasteiger partial charge in [0.1, 0.15) is 11.8 Å². The molecule has 0 aliphatic carbocycles. The number of benzene rings is 2. The van der Waals surface area contributed by atoms with Crippen molar-refractivity contribution in [3.63, 3.8) is 0 Å². The van der Waals surface area contributed by atoms with Crippen LogP contribution < -0.4 is 15.4 Å². The Labute approximate surface area is 184 Å². The number of carbonyl (C=O) groups is 3. The van der Waals surface area contributed by atoms with Gasteiger partial charge in [0.05, 0.1) is 7.11 Å². The standard InChI is InChI=1S/C23H24N4O5/c1-26(23(31)24-15-6-8-16(32-2)9-7-15)12-14-4-3-5-17-18(14)13-27(22(17)30)19-10-11-20(28)25-21(19)29/h3-9,13,19,30H,10-12H2,1-2H3,(H,24,31)(H,25,28,29). The molecule has 2 aromatic carbocycles. The van der Waals surface area contributed by atoms with Crippen LogP contribution >= 0.6 is 0 Å². The van der Waals surface area contributed by atoms with Crippen molar-refractivity contribution in [3.05, 3.63) is 54.2 Å². The summed E-state index contributed by atoms with van der Waals surface area (Å²) in [7, 11) is 3.25. The van der Waals surface area contributed by atoms with Gasteiger partial charge in [0, 0.05) is 42.7 Å². The highest BCUT2D eigenvalue weighted by Gasteiger charge is 2.30. The molecular formula is C23H24N4O5. The van der Waals surface area contributed by atoms with Gasteiger partial charge in [-0.3, -0.25) is 14.9 Å². The Hall–Kier alpha value is -4.01. The molecule has 4 rings (SSSR count). The number of rotatable bonds is 5. The Kier molecular flexibility index (Phi) is 5.72. The summed E-state index contributed by atoms with van der Waals surface area (Å²) in [6.45, 7) is 0.290. The monoisotopic (exact) mass is 436 g/mol. The van der Waals surface area contributed by atoms with Crippen LogP contribution in [-0.2, 0) is 16.1 Å². The number of carbonyl (C=O) groups excluding carboxylic acids is 3. The third-order valence-electron chi connectivity index (χ3n) is 5.59. The summed E-state index contributed by atoms with van der Waals surface area (Å²) in [4.78, 5) is 37.9. The predicted octanol–water partition coefficient (Wildman–Crippen LogP) is 3.00. The molecule has 2 heterocycles. The molecular weight excluding hydrogens is 412 g/mol. The fraction of sp³-hybridized carbons (Fsp3) is 0.261. The number of urea groups is 1. The summed E-state index contributed by atoms with van der Waals surface area (Å²) >= 11 is 0. The quantitative estimate of drug-likeness (QED) is 0.532. The zero-order valence-electron chi connectivity index (χ0n) is 17.8. The van der Waals surface area contributed by atoms with E-state index in [4.69, 9.17) is 4.74 Å². The third-order valence-corrected chi connectivity index (χ3v) is 5.59. The normalized spacial score (nSPS) is 16.0. The van der Waals surface area contributed by atoms with Gasteiger partial charge < -0.3 is 24.6 Å². The van der Waals surface area contributed by atoms with Crippen LogP contribution in [0.25, 0.3) is 10.8 Å². The van der Waals surface area contributed by atoms with Crippen molar-refractivity contribution in [1.29, 1.82) is 0 Å². The van der Waals surface area contributed by atoms with Gasteiger partial charge in [0.15, 0.2) is 5.88 Å². The van der Waals surface area contributed by atoms with Crippen LogP contribution in [0.5, 0.6) is 11.6 Å². The SMILES string of the molecule is COc1ccc(NC(=O)N(C)Cc2cccc3c(O)n(C4CCC(=O)NC4=O)cc23)cc1. The molecule has 9 nitrogen and oxygen atoms in total. The first-order valence-electron chi connectivity index (χ1n) is 10.2. The number of nitrogens with one attached hydrogen (secondary N) is 2. The number of imide groups is 1. The van der Waals surface area contributed by atoms with Crippen molar-refractivity contribution in [2.75, 3.05) is 19.5 Å². The first kappa shape index (κ1) is 21.2. The Morgan fingerprint density at radius 3 is 2.66 bits per heavy atom. The molecule has 9 heteroatoms. The van der Waals surface area contributed by atoms with E-state index >= 15 is 0 Å². The Morgan fingerprint density at radius 1 is 1.22 bits per heavy atom. The highest BCUT2D eigenvalue weighted by Crippen LogP contribution is 2.34. The van der Waals surface area contributed by atoms with Gasteiger partial charge >= 0.3 is 6.03 Å². The van der Waals surface area contributed by atoms with Crippen molar-refractivity contribution >= 4 is 34.3 Å². The molecule has 1 saturated heterocycles. The number of nitrogens with zero attached hydrogens (tertiary/aromatic N) is 2. The number of ether oxygens (including phenoxy) is 1. The van der Waals surface area contributed by atoms with Crippen LogP contribution in [0.1, 0.15) is 24.4 Å². The van der Waals surface area contributed by atoms with Crippen molar-refractivity contribution in [2.45, 2.75) is 25.4 Å². The number of aromatic hydroxyl groups is 1. The molecule has 3 aromatic rings. The number of hydrogen-bond donors (Lipinski definition) is 3. The van der Waals surface area contributed by atoms with E-state index in [0.29, 0.717) is 23.2 Å². The molecule has 0 bridgehead atoms. The zero-order chi connectivity index (χ0) is 22.8. The van der Waals surface area contributed by atoms with E-state index in [2.05, 4.69) is 10.6 Å². The number of aromatic nitrogens is 1. The van der Waals surface area contributed by atoms with Crippen LogP contribution in [0.15, 0.2) is 48.7 Å². The minimum atomic E-state index is -0.663. The van der Waals surface area contributed by atoms with E-state index in [1.165, 1.54) is 9.47 Å². The summed E-state index contributed by atoms with van der Waals surface area (Å²) in [5.74, 6) is -0.0907. The minimum Gasteiger partial charge on any atom is -0.497 e. The lowest BCUT2D eigenvalue weighted by molar-refractivity contribution is -0.135. The fourth-order valence-electron chi connectivity index (χ4n) is 3.84. The average molecular weight is 436 g/mol. The van der Waals surface area contributed by atoms with Crippen molar-refractivity contribution in [2.24, 2.45) is 0 Å². The second-order valence-corrected chi connectivity index (χ2v) is 7.72. The van der Waals surface area contributed by atoms with Crippen molar-refractivity contribution in [3.8, 4) is 11.6 Å². The average Bonchev–Trinajstić information content (AvgIpc) is 3.11. The topological polar surface area (TPSA) is 113 Å². The highest BCUT2D eigenvalue weighted by atomic mass is 16.5. The molecule has 0 radical (unpaired) electrons. The van der Waals surface area contributed by atoms with E-state index in [-0.39, 0.29) is 30.8 Å². The molecule has 166 valence electrons. The summed E-state index contributed by atoms with van der Waals surface area (Å²) < 4.78 is 6.62. The van der Waals surface area contributed by atoms with Gasteiger partial charge in [-0.1, -0.05) is 12.1 Å². The molecule has 0 spiro atoms. The van der Waals surface area contributed by atoms with Gasteiger partial charge in [0.25, 0.3) is 0 Å². The van der Waals surface area contributed by atoms with Crippen LogP contribution in [0.4, 0.5) is 10.5 Å². The van der Waals surface area contributed by atoms with E-state index in [1.807, 2.05) is 6.07 Å². The summed E-state index contributed by atoms with van der Waals surface area (Å²) in [5, 5.41) is 17.2. The summed E-state index contributed by atoms with van der Waals surface area (Å²) in [6, 6.07) is 11.5. The number of amides is 4. The van der Waals surface area contributed by atoms with Crippen molar-refractivity contribution < 1.29 is 24.2 Å². The fourth-order valence-corrected chi connectivity index (χ4v) is 3.84. The lowest BCUT2D eigenvalue weighted by Crippen LogP contribution is -2.41. The zero-order valence-corrected chi connectivity index (χ0v) is 17.8. The van der Waals surface area contributed by atoms with Crippen LogP contribution in [0.2, 0.25) is 0 Å². The van der Waals surface area contributed by atoms with E-state index in [9.17, 15) is 19.5 Å². The number of methoxy groups -OCH3 is 1. The summed E-state index contributed by atoms with van der Waals surface area (Å²) in [6.07, 6.45) is 2.24. The molecule has 3 N–H and O–H groups in total. The van der Waals surface area contributed by atoms with Gasteiger partial charge in [-0.2, -0.15) is 0 Å². The molecule has 1 fully saturated rings. The summed E-state index contributed by atoms with van der Waals surface area (Å²) in [5.41, 5.74) is 1.46. The molecule has 4 amide bonds. The van der Waals surface area contributed by atoms with Crippen LogP contribution in [0, 0.1) is 0 Å². The lowest BCUT2D eigenvalue weighted by atomic mass is 10.1. The second-order valence-electron chi connectivity index (χ2n) is 7.72. The Morgan fingerprint density at radius 2 is 1.97 bits per heavy atom. The molecule has 32 heavy (non-hydrogen) atoms. The number of piperidine rings is 1. The van der Waals surface area contributed by atoms with Crippen molar-refractivity contribution in [1.82, 2.24) is 14.8 Å². The maximum atomic E-state index is 12.6. The first-order valence-corrected chi connectivity index (χ1v) is 10.2. The van der Waals surface area contributed by atoms with E-state index < -0.39 is 11.9 Å². The first-order chi connectivity index (χ1) is 15.4. The maximum Gasteiger partial charge on any atom is 0.321 e. The highest BCUT2D eigenvalue weighted by molar-refractivity contribution is 6.00. The lowest BCUT2D eigenvalue weighted by Gasteiger charge is -2.22. The molecule has 1 atom stereocenters. The Bertz CT molecular complexity index is 1190. The molecule has 1 aromatic heterocycles. The number of hydrogen-bond acceptors (Lipinski definition) is 5. The molecule has 1 unspecified atom stereocenters. The minimum absolute atomic E-state index is 0.0401. The largest absolute Gasteiger partial charge is 0.497 e. The molecule has 1 aliphatic heterocycles. The maximum absolute atomic E-state index is 12.6. The van der Waals surface area contributed by atoms with E-state index in [0.717, 1.165) is 10.9 Å². The van der Waals surface area contributed by atoms with Crippen LogP contribution in [-0.4, -0.2) is 46.6 Å².